The van der Waals surface area contributed by atoms with E-state index in [-0.39, 0.29) is 24.2 Å². The smallest absolute Gasteiger partial charge is 0.223 e. The third kappa shape index (κ3) is 5.26. The van der Waals surface area contributed by atoms with Crippen molar-refractivity contribution in [2.45, 2.75) is 64.2 Å². The summed E-state index contributed by atoms with van der Waals surface area (Å²) in [4.78, 5) is 19.4. The molecule has 2 N–H and O–H groups in total. The van der Waals surface area contributed by atoms with E-state index >= 15 is 0 Å². The van der Waals surface area contributed by atoms with Gasteiger partial charge in [0.15, 0.2) is 0 Å². The van der Waals surface area contributed by atoms with Crippen LogP contribution >= 0.6 is 0 Å². The second kappa shape index (κ2) is 10.9. The first-order valence-electron chi connectivity index (χ1n) is 13.2. The maximum atomic E-state index is 12.8. The van der Waals surface area contributed by atoms with Gasteiger partial charge in [0.2, 0.25) is 5.91 Å². The highest BCUT2D eigenvalue weighted by Gasteiger charge is 2.44. The molecule has 9 nitrogen and oxygen atoms in total. The van der Waals surface area contributed by atoms with Gasteiger partial charge in [0.25, 0.3) is 0 Å². The number of fused-ring (bicyclic) bond motifs is 3. The van der Waals surface area contributed by atoms with Crippen LogP contribution in [0.5, 0.6) is 5.75 Å². The number of nitrogens with one attached hydrogen (secondary N) is 2. The summed E-state index contributed by atoms with van der Waals surface area (Å²) in [5, 5.41) is 6.82. The quantitative estimate of drug-likeness (QED) is 0.525. The van der Waals surface area contributed by atoms with Crippen LogP contribution in [0.1, 0.15) is 57.6 Å². The van der Waals surface area contributed by atoms with E-state index in [1.807, 2.05) is 4.90 Å². The fourth-order valence-corrected chi connectivity index (χ4v) is 5.35. The predicted octanol–water partition coefficient (Wildman–Crippen LogP) is 2.46. The summed E-state index contributed by atoms with van der Waals surface area (Å²) in [6.45, 7) is 9.78. The molecule has 4 aliphatic heterocycles. The van der Waals surface area contributed by atoms with Crippen LogP contribution in [0.25, 0.3) is 0 Å². The highest BCUT2D eigenvalue weighted by atomic mass is 16.5. The Morgan fingerprint density at radius 2 is 1.91 bits per heavy atom. The Morgan fingerprint density at radius 3 is 2.66 bits per heavy atom. The van der Waals surface area contributed by atoms with E-state index in [1.165, 1.54) is 5.56 Å². The van der Waals surface area contributed by atoms with Gasteiger partial charge in [-0.15, -0.1) is 0 Å². The summed E-state index contributed by atoms with van der Waals surface area (Å²) in [7, 11) is 0. The lowest BCUT2D eigenvalue weighted by Crippen LogP contribution is -2.54. The number of hydrogen-bond acceptors (Lipinski definition) is 8. The Labute approximate surface area is 208 Å². The second-order valence-corrected chi connectivity index (χ2v) is 9.79. The molecule has 0 spiro atoms. The van der Waals surface area contributed by atoms with E-state index in [2.05, 4.69) is 81.3 Å². The second-order valence-electron chi connectivity index (χ2n) is 9.79. The summed E-state index contributed by atoms with van der Waals surface area (Å²) >= 11 is 0. The van der Waals surface area contributed by atoms with Gasteiger partial charge in [-0.2, -0.15) is 5.10 Å². The first-order valence-corrected chi connectivity index (χ1v) is 13.2. The topological polar surface area (TPSA) is 75.7 Å². The number of carbonyl (C=O) groups excluding carboxylic acids is 1. The van der Waals surface area contributed by atoms with Crippen molar-refractivity contribution in [2.24, 2.45) is 5.10 Å². The van der Waals surface area contributed by atoms with Crippen LogP contribution < -0.4 is 15.6 Å². The Bertz CT molecular complexity index is 926. The summed E-state index contributed by atoms with van der Waals surface area (Å²) in [6, 6.07) is 8.96. The molecule has 5 rings (SSSR count). The number of likely N-dealkylation sites (N-methyl/N-ethyl adjacent to an activating group) is 1. The van der Waals surface area contributed by atoms with Crippen LogP contribution in [0.2, 0.25) is 0 Å². The van der Waals surface area contributed by atoms with Crippen LogP contribution in [0, 0.1) is 0 Å². The molecule has 1 amide bonds. The summed E-state index contributed by atoms with van der Waals surface area (Å²) in [6.07, 6.45) is 8.59. The molecule has 0 aromatic heterocycles. The van der Waals surface area contributed by atoms with Gasteiger partial charge in [-0.05, 0) is 37.1 Å². The molecule has 9 heteroatoms. The lowest BCUT2D eigenvalue weighted by molar-refractivity contribution is -0.132. The predicted molar refractivity (Wildman–Crippen MR) is 136 cm³/mol. The Kier molecular flexibility index (Phi) is 7.43. The van der Waals surface area contributed by atoms with Crippen LogP contribution in [-0.4, -0.2) is 83.0 Å². The number of hydrogen-bond donors (Lipinski definition) is 2. The van der Waals surface area contributed by atoms with Gasteiger partial charge in [0, 0.05) is 51.4 Å². The number of carbonyl (C=O) groups is 1. The number of hydrazone groups is 1. The zero-order valence-corrected chi connectivity index (χ0v) is 21.0. The highest BCUT2D eigenvalue weighted by molar-refractivity contribution is 5.89. The zero-order valence-electron chi connectivity index (χ0n) is 21.0. The largest absolute Gasteiger partial charge is 0.494 e. The van der Waals surface area contributed by atoms with Crippen LogP contribution in [0.3, 0.4) is 0 Å². The molecule has 0 radical (unpaired) electrons. The van der Waals surface area contributed by atoms with Crippen molar-refractivity contribution in [3.05, 3.63) is 42.2 Å². The maximum Gasteiger partial charge on any atom is 0.223 e. The molecule has 1 aromatic carbocycles. The fourth-order valence-electron chi connectivity index (χ4n) is 5.35. The van der Waals surface area contributed by atoms with Gasteiger partial charge in [-0.25, -0.2) is 5.43 Å². The SMILES string of the molecule is CCCCOc1ccc(C2CC3C4NN=C(CCC(=O)N5CCN(CC)CC5)N4C=CN3N2)cc1. The van der Waals surface area contributed by atoms with Gasteiger partial charge in [-0.3, -0.25) is 10.2 Å². The molecular formula is C26H39N7O2. The number of ether oxygens (including phenoxy) is 1. The van der Waals surface area contributed by atoms with E-state index in [9.17, 15) is 4.79 Å². The molecule has 4 aliphatic rings. The molecule has 2 fully saturated rings. The van der Waals surface area contributed by atoms with Gasteiger partial charge >= 0.3 is 0 Å². The normalized spacial score (nSPS) is 25.8. The van der Waals surface area contributed by atoms with Gasteiger partial charge in [0.1, 0.15) is 17.8 Å². The third-order valence-electron chi connectivity index (χ3n) is 7.60. The molecule has 3 atom stereocenters. The molecular weight excluding hydrogens is 442 g/mol. The molecule has 0 saturated carbocycles. The minimum absolute atomic E-state index is 0.0763. The summed E-state index contributed by atoms with van der Waals surface area (Å²) in [5.41, 5.74) is 8.23. The molecule has 2 saturated heterocycles. The van der Waals surface area contributed by atoms with Crippen molar-refractivity contribution >= 4 is 11.7 Å². The van der Waals surface area contributed by atoms with Gasteiger partial charge in [0.05, 0.1) is 18.7 Å². The minimum Gasteiger partial charge on any atom is -0.494 e. The first kappa shape index (κ1) is 23.9. The fraction of sp³-hybridized carbons (Fsp3) is 0.615. The van der Waals surface area contributed by atoms with Gasteiger partial charge in [-0.1, -0.05) is 32.4 Å². The summed E-state index contributed by atoms with van der Waals surface area (Å²) < 4.78 is 5.81. The van der Waals surface area contributed by atoms with Crippen LogP contribution in [-0.2, 0) is 4.79 Å². The molecule has 1 aromatic rings. The summed E-state index contributed by atoms with van der Waals surface area (Å²) in [5.74, 6) is 2.11. The van der Waals surface area contributed by atoms with E-state index in [0.717, 1.165) is 70.2 Å². The Morgan fingerprint density at radius 1 is 1.11 bits per heavy atom. The lowest BCUT2D eigenvalue weighted by Gasteiger charge is -2.37. The number of nitrogens with zero attached hydrogens (tertiary/aromatic N) is 5. The first-order chi connectivity index (χ1) is 17.2. The van der Waals surface area contributed by atoms with E-state index in [0.29, 0.717) is 12.8 Å². The number of rotatable bonds is 9. The van der Waals surface area contributed by atoms with Gasteiger partial charge < -0.3 is 24.4 Å². The van der Waals surface area contributed by atoms with Crippen LogP contribution in [0.4, 0.5) is 0 Å². The molecule has 0 bridgehead atoms. The maximum absolute atomic E-state index is 12.8. The average molecular weight is 482 g/mol. The van der Waals surface area contributed by atoms with Crippen molar-refractivity contribution in [3.63, 3.8) is 0 Å². The number of unbranched alkanes of at least 4 members (excludes halogenated alkanes) is 1. The molecule has 3 unspecified atom stereocenters. The average Bonchev–Trinajstić information content (AvgIpc) is 3.52. The van der Waals surface area contributed by atoms with Crippen molar-refractivity contribution in [1.29, 1.82) is 0 Å². The lowest BCUT2D eigenvalue weighted by atomic mass is 9.99. The number of benzene rings is 1. The van der Waals surface area contributed by atoms with Crippen molar-refractivity contribution in [2.75, 3.05) is 39.3 Å². The number of piperazine rings is 1. The minimum atomic E-state index is 0.0763. The Hall–Kier alpha value is -2.78. The number of amides is 1. The van der Waals surface area contributed by atoms with Crippen molar-refractivity contribution < 1.29 is 9.53 Å². The van der Waals surface area contributed by atoms with Crippen molar-refractivity contribution in [1.82, 2.24) is 30.6 Å². The highest BCUT2D eigenvalue weighted by Crippen LogP contribution is 2.34. The zero-order chi connectivity index (χ0) is 24.2. The molecule has 4 heterocycles. The van der Waals surface area contributed by atoms with E-state index < -0.39 is 0 Å². The standard InChI is InChI=1S/C26H39N7O2/c1-3-5-18-35-21-8-6-20(7-9-21)22-19-23-26-28-27-24(32(26)16-17-33(23)29-22)10-11-25(34)31-14-12-30(4-2)13-15-31/h6-9,16-17,22-23,26,28-29H,3-5,10-15,18-19H2,1-2H3. The monoisotopic (exact) mass is 481 g/mol. The Balaban J connectivity index is 1.12. The van der Waals surface area contributed by atoms with E-state index in [1.54, 1.807) is 0 Å². The molecule has 35 heavy (non-hydrogen) atoms. The third-order valence-corrected chi connectivity index (χ3v) is 7.60. The molecule has 0 aliphatic carbocycles. The number of hydrazine groups is 1. The van der Waals surface area contributed by atoms with Crippen LogP contribution in [0.15, 0.2) is 41.8 Å². The molecule has 190 valence electrons. The number of amidine groups is 1. The van der Waals surface area contributed by atoms with Crippen molar-refractivity contribution in [3.8, 4) is 5.75 Å². The van der Waals surface area contributed by atoms with E-state index in [4.69, 9.17) is 4.74 Å².